The fourth-order valence-corrected chi connectivity index (χ4v) is 3.78. The van der Waals surface area contributed by atoms with E-state index < -0.39 is 0 Å². The van der Waals surface area contributed by atoms with Gasteiger partial charge in [-0.05, 0) is 74.8 Å². The summed E-state index contributed by atoms with van der Waals surface area (Å²) in [6.45, 7) is 5.21. The van der Waals surface area contributed by atoms with Crippen LogP contribution in [0, 0.1) is 11.7 Å². The Balaban J connectivity index is 1.22. The van der Waals surface area contributed by atoms with Crippen molar-refractivity contribution in [1.82, 2.24) is 20.4 Å². The van der Waals surface area contributed by atoms with Crippen LogP contribution in [0.2, 0.25) is 0 Å². The Labute approximate surface area is 186 Å². The van der Waals surface area contributed by atoms with Crippen molar-refractivity contribution < 1.29 is 18.4 Å². The number of hydrogen-bond donors (Lipinski definition) is 1. The first kappa shape index (κ1) is 22.0. The van der Waals surface area contributed by atoms with Crippen molar-refractivity contribution in [2.24, 2.45) is 5.92 Å². The fraction of sp³-hybridized carbons (Fsp3) is 0.375. The Kier molecular flexibility index (Phi) is 7.11. The number of ether oxygens (including phenoxy) is 1. The largest absolute Gasteiger partial charge is 0.494 e. The van der Waals surface area contributed by atoms with Crippen LogP contribution in [0.1, 0.15) is 31.2 Å². The maximum atomic E-state index is 13.1. The van der Waals surface area contributed by atoms with Gasteiger partial charge in [-0.25, -0.2) is 4.39 Å². The summed E-state index contributed by atoms with van der Waals surface area (Å²) < 4.78 is 23.9. The summed E-state index contributed by atoms with van der Waals surface area (Å²) in [6.07, 6.45) is 1.57. The maximum absolute atomic E-state index is 13.1. The third-order valence-corrected chi connectivity index (χ3v) is 5.59. The van der Waals surface area contributed by atoms with Gasteiger partial charge in [0.2, 0.25) is 17.6 Å². The predicted octanol–water partition coefficient (Wildman–Crippen LogP) is 3.80. The number of aromatic nitrogens is 2. The SMILES string of the molecule is CCOc1ccc(CNC(=O)C2CCN(Cc3nc(-c4ccc(F)cc4)no3)CC2)cc1. The average Bonchev–Trinajstić information content (AvgIpc) is 3.28. The summed E-state index contributed by atoms with van der Waals surface area (Å²) in [4.78, 5) is 19.2. The fourth-order valence-electron chi connectivity index (χ4n) is 3.78. The summed E-state index contributed by atoms with van der Waals surface area (Å²) in [5.74, 6) is 1.59. The van der Waals surface area contributed by atoms with Gasteiger partial charge in [0.1, 0.15) is 11.6 Å². The van der Waals surface area contributed by atoms with E-state index in [4.69, 9.17) is 9.26 Å². The highest BCUT2D eigenvalue weighted by molar-refractivity contribution is 5.78. The second-order valence-electron chi connectivity index (χ2n) is 7.86. The molecule has 2 heterocycles. The molecule has 1 saturated heterocycles. The van der Waals surface area contributed by atoms with E-state index in [9.17, 15) is 9.18 Å². The van der Waals surface area contributed by atoms with Crippen LogP contribution in [0.15, 0.2) is 53.1 Å². The minimum atomic E-state index is -0.302. The lowest BCUT2D eigenvalue weighted by molar-refractivity contribution is -0.126. The Morgan fingerprint density at radius 2 is 1.88 bits per heavy atom. The molecule has 4 rings (SSSR count). The molecular formula is C24H27FN4O3. The molecule has 0 bridgehead atoms. The van der Waals surface area contributed by atoms with Gasteiger partial charge in [0, 0.05) is 18.0 Å². The van der Waals surface area contributed by atoms with E-state index in [0.29, 0.717) is 37.0 Å². The zero-order chi connectivity index (χ0) is 22.3. The molecule has 8 heteroatoms. The first-order valence-corrected chi connectivity index (χ1v) is 10.9. The number of hydrogen-bond acceptors (Lipinski definition) is 6. The van der Waals surface area contributed by atoms with E-state index >= 15 is 0 Å². The number of piperidine rings is 1. The molecule has 3 aromatic rings. The molecule has 1 amide bonds. The second kappa shape index (κ2) is 10.4. The lowest BCUT2D eigenvalue weighted by Crippen LogP contribution is -2.40. The minimum Gasteiger partial charge on any atom is -0.494 e. The summed E-state index contributed by atoms with van der Waals surface area (Å²) in [5.41, 5.74) is 1.76. The highest BCUT2D eigenvalue weighted by Gasteiger charge is 2.26. The summed E-state index contributed by atoms with van der Waals surface area (Å²) >= 11 is 0. The van der Waals surface area contributed by atoms with Crippen molar-refractivity contribution in [3.63, 3.8) is 0 Å². The number of carbonyl (C=O) groups excluding carboxylic acids is 1. The van der Waals surface area contributed by atoms with E-state index in [1.54, 1.807) is 12.1 Å². The molecule has 168 valence electrons. The first-order chi connectivity index (χ1) is 15.6. The zero-order valence-corrected chi connectivity index (χ0v) is 18.1. The molecule has 1 N–H and O–H groups in total. The van der Waals surface area contributed by atoms with Crippen LogP contribution in [0.5, 0.6) is 5.75 Å². The van der Waals surface area contributed by atoms with Crippen LogP contribution in [0.4, 0.5) is 4.39 Å². The number of likely N-dealkylation sites (tertiary alicyclic amines) is 1. The summed E-state index contributed by atoms with van der Waals surface area (Å²) in [6, 6.07) is 13.8. The molecule has 0 unspecified atom stereocenters. The molecule has 1 aliphatic rings. The Morgan fingerprint density at radius 3 is 2.56 bits per heavy atom. The van der Waals surface area contributed by atoms with E-state index in [0.717, 1.165) is 37.2 Å². The van der Waals surface area contributed by atoms with Crippen molar-refractivity contribution in [3.05, 3.63) is 65.8 Å². The summed E-state index contributed by atoms with van der Waals surface area (Å²) in [7, 11) is 0. The predicted molar refractivity (Wildman–Crippen MR) is 117 cm³/mol. The highest BCUT2D eigenvalue weighted by atomic mass is 19.1. The van der Waals surface area contributed by atoms with Gasteiger partial charge in [0.25, 0.3) is 0 Å². The topological polar surface area (TPSA) is 80.5 Å². The quantitative estimate of drug-likeness (QED) is 0.576. The van der Waals surface area contributed by atoms with Crippen LogP contribution >= 0.6 is 0 Å². The van der Waals surface area contributed by atoms with E-state index in [1.807, 2.05) is 31.2 Å². The Morgan fingerprint density at radius 1 is 1.16 bits per heavy atom. The Hall–Kier alpha value is -3.26. The van der Waals surface area contributed by atoms with Gasteiger partial charge in [-0.2, -0.15) is 4.98 Å². The van der Waals surface area contributed by atoms with Gasteiger partial charge in [-0.15, -0.1) is 0 Å². The van der Waals surface area contributed by atoms with Crippen LogP contribution < -0.4 is 10.1 Å². The van der Waals surface area contributed by atoms with E-state index in [-0.39, 0.29) is 17.6 Å². The lowest BCUT2D eigenvalue weighted by Gasteiger charge is -2.30. The molecule has 1 fully saturated rings. The first-order valence-electron chi connectivity index (χ1n) is 10.9. The van der Waals surface area contributed by atoms with Gasteiger partial charge < -0.3 is 14.6 Å². The Bertz CT molecular complexity index is 1010. The van der Waals surface area contributed by atoms with Crippen molar-refractivity contribution in [2.75, 3.05) is 19.7 Å². The number of rotatable bonds is 8. The van der Waals surface area contributed by atoms with E-state index in [2.05, 4.69) is 20.4 Å². The molecule has 2 aromatic carbocycles. The highest BCUT2D eigenvalue weighted by Crippen LogP contribution is 2.21. The lowest BCUT2D eigenvalue weighted by atomic mass is 9.96. The molecule has 0 atom stereocenters. The van der Waals surface area contributed by atoms with Gasteiger partial charge in [0.15, 0.2) is 0 Å². The van der Waals surface area contributed by atoms with Crippen molar-refractivity contribution >= 4 is 5.91 Å². The van der Waals surface area contributed by atoms with Gasteiger partial charge in [-0.3, -0.25) is 9.69 Å². The zero-order valence-electron chi connectivity index (χ0n) is 18.1. The van der Waals surface area contributed by atoms with Gasteiger partial charge in [-0.1, -0.05) is 17.3 Å². The third kappa shape index (κ3) is 5.70. The number of carbonyl (C=O) groups is 1. The van der Waals surface area contributed by atoms with Crippen LogP contribution in [-0.4, -0.2) is 40.6 Å². The number of amides is 1. The number of nitrogens with one attached hydrogen (secondary N) is 1. The molecule has 0 spiro atoms. The van der Waals surface area contributed by atoms with Crippen molar-refractivity contribution in [1.29, 1.82) is 0 Å². The monoisotopic (exact) mass is 438 g/mol. The maximum Gasteiger partial charge on any atom is 0.241 e. The third-order valence-electron chi connectivity index (χ3n) is 5.59. The molecule has 0 radical (unpaired) electrons. The molecule has 0 aliphatic carbocycles. The molecule has 1 aliphatic heterocycles. The normalized spacial score (nSPS) is 14.9. The smallest absolute Gasteiger partial charge is 0.241 e. The molecule has 0 saturated carbocycles. The molecule has 1 aromatic heterocycles. The minimum absolute atomic E-state index is 0.00593. The van der Waals surface area contributed by atoms with Crippen LogP contribution in [0.3, 0.4) is 0 Å². The van der Waals surface area contributed by atoms with Crippen molar-refractivity contribution in [2.45, 2.75) is 32.9 Å². The van der Waals surface area contributed by atoms with Gasteiger partial charge >= 0.3 is 0 Å². The molecule has 7 nitrogen and oxygen atoms in total. The summed E-state index contributed by atoms with van der Waals surface area (Å²) in [5, 5.41) is 7.03. The standard InChI is InChI=1S/C24H27FN4O3/c1-2-31-21-9-3-17(4-10-21)15-26-24(30)19-11-13-29(14-12-19)16-22-27-23(28-32-22)18-5-7-20(25)8-6-18/h3-10,19H,2,11-16H2,1H3,(H,26,30). The van der Waals surface area contributed by atoms with Crippen LogP contribution in [0.25, 0.3) is 11.4 Å². The van der Waals surface area contributed by atoms with Gasteiger partial charge in [0.05, 0.1) is 13.2 Å². The number of halogens is 1. The second-order valence-corrected chi connectivity index (χ2v) is 7.86. The van der Waals surface area contributed by atoms with Crippen molar-refractivity contribution in [3.8, 4) is 17.1 Å². The average molecular weight is 439 g/mol. The van der Waals surface area contributed by atoms with E-state index in [1.165, 1.54) is 12.1 Å². The number of nitrogens with zero attached hydrogens (tertiary/aromatic N) is 3. The number of benzene rings is 2. The molecule has 32 heavy (non-hydrogen) atoms. The van der Waals surface area contributed by atoms with Crippen LogP contribution in [-0.2, 0) is 17.9 Å². The molecular weight excluding hydrogens is 411 g/mol.